The average Bonchev–Trinajstić information content (AvgIpc) is 3.38. The van der Waals surface area contributed by atoms with E-state index < -0.39 is 6.10 Å². The van der Waals surface area contributed by atoms with Crippen molar-refractivity contribution in [2.45, 2.75) is 354 Å². The molecule has 0 aliphatic heterocycles. The summed E-state index contributed by atoms with van der Waals surface area (Å²) in [7, 11) is 0. The Morgan fingerprint density at radius 1 is 0.278 bits per heavy atom. The monoisotopic (exact) mass is 1010 g/mol. The Bertz CT molecular complexity index is 1210. The van der Waals surface area contributed by atoms with Crippen molar-refractivity contribution in [3.8, 4) is 0 Å². The zero-order valence-corrected chi connectivity index (χ0v) is 48.5. The number of carbonyl (C=O) groups is 3. The smallest absolute Gasteiger partial charge is 0.306 e. The third-order valence-electron chi connectivity index (χ3n) is 14.4. The Morgan fingerprint density at radius 2 is 0.500 bits per heavy atom. The normalized spacial score (nSPS) is 12.2. The third-order valence-corrected chi connectivity index (χ3v) is 14.4. The van der Waals surface area contributed by atoms with Crippen molar-refractivity contribution in [2.24, 2.45) is 0 Å². The summed E-state index contributed by atoms with van der Waals surface area (Å²) in [6.07, 6.45) is 74.7. The van der Waals surface area contributed by atoms with E-state index in [1.54, 1.807) is 0 Å². The molecule has 1 unspecified atom stereocenters. The van der Waals surface area contributed by atoms with E-state index in [1.165, 1.54) is 244 Å². The quantitative estimate of drug-likeness (QED) is 0.0261. The van der Waals surface area contributed by atoms with Crippen molar-refractivity contribution in [1.82, 2.24) is 0 Å². The molecule has 0 amide bonds. The maximum Gasteiger partial charge on any atom is 0.306 e. The van der Waals surface area contributed by atoms with E-state index in [0.29, 0.717) is 19.3 Å². The summed E-state index contributed by atoms with van der Waals surface area (Å²) < 4.78 is 16.8. The SMILES string of the molecule is CCCCCCC/C=C\C/C=C\CCCCCCCCCCCCCCCCCCCC(=O)OCC(COC(=O)CCCCCCCCC)OC(=O)CCCCCCCCC/C=C\CCCCCCCCC. The molecule has 0 aromatic carbocycles. The molecule has 0 fully saturated rings. The van der Waals surface area contributed by atoms with Gasteiger partial charge in [-0.3, -0.25) is 14.4 Å². The maximum atomic E-state index is 12.8. The minimum atomic E-state index is -0.769. The van der Waals surface area contributed by atoms with E-state index in [0.717, 1.165) is 64.2 Å². The summed E-state index contributed by atoms with van der Waals surface area (Å²) in [6.45, 7) is 6.63. The van der Waals surface area contributed by atoms with Gasteiger partial charge in [-0.1, -0.05) is 288 Å². The molecular weight excluding hydrogens is 889 g/mol. The van der Waals surface area contributed by atoms with Crippen molar-refractivity contribution in [2.75, 3.05) is 13.2 Å². The highest BCUT2D eigenvalue weighted by atomic mass is 16.6. The van der Waals surface area contributed by atoms with Gasteiger partial charge in [-0.2, -0.15) is 0 Å². The second kappa shape index (κ2) is 61.2. The van der Waals surface area contributed by atoms with Crippen LogP contribution in [-0.4, -0.2) is 37.2 Å². The Labute approximate surface area is 448 Å². The highest BCUT2D eigenvalue weighted by molar-refractivity contribution is 5.71. The third kappa shape index (κ3) is 58.5. The molecule has 422 valence electrons. The Hall–Kier alpha value is -2.37. The maximum absolute atomic E-state index is 12.8. The van der Waals surface area contributed by atoms with Crippen molar-refractivity contribution in [1.29, 1.82) is 0 Å². The van der Waals surface area contributed by atoms with Crippen LogP contribution in [0.15, 0.2) is 36.5 Å². The number of ether oxygens (including phenoxy) is 3. The number of esters is 3. The second-order valence-electron chi connectivity index (χ2n) is 21.7. The van der Waals surface area contributed by atoms with Crippen LogP contribution in [0.4, 0.5) is 0 Å². The van der Waals surface area contributed by atoms with Crippen molar-refractivity contribution >= 4 is 17.9 Å². The lowest BCUT2D eigenvalue weighted by atomic mass is 10.0. The zero-order chi connectivity index (χ0) is 52.2. The Morgan fingerprint density at radius 3 is 0.778 bits per heavy atom. The van der Waals surface area contributed by atoms with Crippen molar-refractivity contribution in [3.05, 3.63) is 36.5 Å². The fraction of sp³-hybridized carbons (Fsp3) is 0.864. The highest BCUT2D eigenvalue weighted by Crippen LogP contribution is 2.17. The summed E-state index contributed by atoms with van der Waals surface area (Å²) in [6, 6.07) is 0. The van der Waals surface area contributed by atoms with Gasteiger partial charge in [0.1, 0.15) is 13.2 Å². The van der Waals surface area contributed by atoms with E-state index in [4.69, 9.17) is 14.2 Å². The van der Waals surface area contributed by atoms with Gasteiger partial charge in [0.25, 0.3) is 0 Å². The van der Waals surface area contributed by atoms with E-state index in [1.807, 2.05) is 0 Å². The number of allylic oxidation sites excluding steroid dienone is 6. The first-order chi connectivity index (χ1) is 35.5. The molecule has 0 N–H and O–H groups in total. The number of hydrogen-bond donors (Lipinski definition) is 0. The Balaban J connectivity index is 4.04. The lowest BCUT2D eigenvalue weighted by Crippen LogP contribution is -2.30. The lowest BCUT2D eigenvalue weighted by molar-refractivity contribution is -0.167. The van der Waals surface area contributed by atoms with Crippen molar-refractivity contribution in [3.63, 3.8) is 0 Å². The molecule has 0 aromatic heterocycles. The minimum absolute atomic E-state index is 0.0695. The molecule has 0 aliphatic carbocycles. The predicted octanol–water partition coefficient (Wildman–Crippen LogP) is 21.6. The van der Waals surface area contributed by atoms with Gasteiger partial charge < -0.3 is 14.2 Å². The van der Waals surface area contributed by atoms with Gasteiger partial charge >= 0.3 is 17.9 Å². The van der Waals surface area contributed by atoms with Crippen LogP contribution in [-0.2, 0) is 28.6 Å². The zero-order valence-electron chi connectivity index (χ0n) is 48.5. The van der Waals surface area contributed by atoms with Gasteiger partial charge in [-0.15, -0.1) is 0 Å². The summed E-state index contributed by atoms with van der Waals surface area (Å²) >= 11 is 0. The molecule has 72 heavy (non-hydrogen) atoms. The van der Waals surface area contributed by atoms with Crippen LogP contribution in [0.1, 0.15) is 348 Å². The largest absolute Gasteiger partial charge is 0.462 e. The van der Waals surface area contributed by atoms with E-state index in [9.17, 15) is 14.4 Å². The molecule has 1 atom stereocenters. The molecule has 0 rings (SSSR count). The van der Waals surface area contributed by atoms with Gasteiger partial charge in [-0.25, -0.2) is 0 Å². The first-order valence-electron chi connectivity index (χ1n) is 32.0. The summed E-state index contributed by atoms with van der Waals surface area (Å²) in [5, 5.41) is 0. The molecule has 0 aromatic rings. The molecule has 6 nitrogen and oxygen atoms in total. The van der Waals surface area contributed by atoms with Gasteiger partial charge in [-0.05, 0) is 77.0 Å². The number of carbonyl (C=O) groups excluding carboxylic acids is 3. The van der Waals surface area contributed by atoms with Gasteiger partial charge in [0, 0.05) is 19.3 Å². The summed E-state index contributed by atoms with van der Waals surface area (Å²) in [5.74, 6) is -0.861. The number of rotatable bonds is 59. The van der Waals surface area contributed by atoms with Crippen LogP contribution in [0.5, 0.6) is 0 Å². The first-order valence-corrected chi connectivity index (χ1v) is 32.0. The van der Waals surface area contributed by atoms with Crippen LogP contribution in [0.25, 0.3) is 0 Å². The van der Waals surface area contributed by atoms with E-state index in [2.05, 4.69) is 57.2 Å². The van der Waals surface area contributed by atoms with Crippen molar-refractivity contribution < 1.29 is 28.6 Å². The Kier molecular flexibility index (Phi) is 59.2. The molecule has 0 radical (unpaired) electrons. The van der Waals surface area contributed by atoms with Crippen LogP contribution >= 0.6 is 0 Å². The van der Waals surface area contributed by atoms with Crippen LogP contribution in [0.2, 0.25) is 0 Å². The fourth-order valence-electron chi connectivity index (χ4n) is 9.53. The van der Waals surface area contributed by atoms with Gasteiger partial charge in [0.2, 0.25) is 0 Å². The average molecular weight is 1010 g/mol. The van der Waals surface area contributed by atoms with Gasteiger partial charge in [0.05, 0.1) is 0 Å². The first kappa shape index (κ1) is 69.6. The summed E-state index contributed by atoms with van der Waals surface area (Å²) in [5.41, 5.74) is 0. The number of unbranched alkanes of at least 4 members (excludes halogenated alkanes) is 42. The molecule has 0 saturated carbocycles. The molecule has 6 heteroatoms. The van der Waals surface area contributed by atoms with Crippen LogP contribution < -0.4 is 0 Å². The molecule has 0 heterocycles. The highest BCUT2D eigenvalue weighted by Gasteiger charge is 2.19. The molecular formula is C66H122O6. The van der Waals surface area contributed by atoms with E-state index >= 15 is 0 Å². The lowest BCUT2D eigenvalue weighted by Gasteiger charge is -2.18. The van der Waals surface area contributed by atoms with Crippen LogP contribution in [0, 0.1) is 0 Å². The second-order valence-corrected chi connectivity index (χ2v) is 21.7. The van der Waals surface area contributed by atoms with E-state index in [-0.39, 0.29) is 31.1 Å². The predicted molar refractivity (Wildman–Crippen MR) is 312 cm³/mol. The molecule has 0 bridgehead atoms. The summed E-state index contributed by atoms with van der Waals surface area (Å²) in [4.78, 5) is 38.0. The topological polar surface area (TPSA) is 78.9 Å². The number of hydrogen-bond acceptors (Lipinski definition) is 6. The molecule has 0 saturated heterocycles. The van der Waals surface area contributed by atoms with Crippen LogP contribution in [0.3, 0.4) is 0 Å². The fourth-order valence-corrected chi connectivity index (χ4v) is 9.53. The standard InChI is InChI=1S/C66H122O6/c1-4-7-10-13-16-18-20-22-24-26-28-29-30-31-32-33-34-35-36-37-38-40-41-43-45-47-50-53-56-59-65(68)71-62-63(61-70-64(67)58-55-52-49-15-12-9-6-3)72-66(69)60-57-54-51-48-46-44-42-39-27-25-23-21-19-17-14-11-8-5-2/h20,22,25-28,63H,4-19,21,23-24,29-62H2,1-3H3/b22-20-,27-25-,28-26-. The minimum Gasteiger partial charge on any atom is -0.462 e. The van der Waals surface area contributed by atoms with Gasteiger partial charge in [0.15, 0.2) is 6.10 Å². The molecule has 0 spiro atoms. The molecule has 0 aliphatic rings.